The standard InChI is InChI=1S/C52H42N8O8/c61-45-39(29-57(49(65)53-45)25-33-13-5-1-6-14-33)43(40-30-58(50(66)54-46(40)62)26-34-15-7-2-8-16-34)37-21-23-38(24-22-37)44(41-31-59(51(67)55-47(41)63)27-35-17-9-3-10-18-35)42-32-60(52(68)56-48(42)64)28-36-19-11-4-12-20-36/h1-24,29-32,43-44H,25-28H2,(H,53,61,65)(H,54,62,66)(H,55,63,67)(H,56,64,68). The van der Waals surface area contributed by atoms with Crippen molar-refractivity contribution in [2.45, 2.75) is 38.0 Å². The third kappa shape index (κ3) is 9.46. The summed E-state index contributed by atoms with van der Waals surface area (Å²) in [6.45, 7) is 0.344. The first-order chi connectivity index (χ1) is 33.0. The first-order valence-corrected chi connectivity index (χ1v) is 21.6. The van der Waals surface area contributed by atoms with Crippen LogP contribution in [-0.2, 0) is 26.2 Å². The second-order valence-corrected chi connectivity index (χ2v) is 16.4. The molecule has 9 rings (SSSR count). The molecule has 0 atom stereocenters. The lowest BCUT2D eigenvalue weighted by Crippen LogP contribution is -2.37. The van der Waals surface area contributed by atoms with Gasteiger partial charge in [-0.15, -0.1) is 0 Å². The maximum Gasteiger partial charge on any atom is 0.328 e. The smallest absolute Gasteiger partial charge is 0.296 e. The van der Waals surface area contributed by atoms with Gasteiger partial charge in [0.25, 0.3) is 22.2 Å². The Morgan fingerprint density at radius 3 is 0.706 bits per heavy atom. The zero-order valence-electron chi connectivity index (χ0n) is 36.2. The Morgan fingerprint density at radius 1 is 0.294 bits per heavy atom. The summed E-state index contributed by atoms with van der Waals surface area (Å²) in [5, 5.41) is 0. The SMILES string of the molecule is O=c1[nH]c(=O)n(Cc2ccccc2)cc1C(c1ccc(C(c2cn(Cc3ccccc3)c(=O)[nH]c2=O)c2cn(Cc3ccccc3)c(=O)[nH]c2=O)cc1)c1cn(Cc2ccccc2)c(=O)[nH]c1=O. The van der Waals surface area contributed by atoms with Crippen LogP contribution in [0.3, 0.4) is 0 Å². The fourth-order valence-electron chi connectivity index (χ4n) is 8.45. The number of hydrogen-bond acceptors (Lipinski definition) is 8. The highest BCUT2D eigenvalue weighted by molar-refractivity contribution is 5.46. The van der Waals surface area contributed by atoms with Crippen molar-refractivity contribution in [1.82, 2.24) is 38.2 Å². The van der Waals surface area contributed by atoms with Crippen molar-refractivity contribution in [2.75, 3.05) is 0 Å². The van der Waals surface area contributed by atoms with E-state index in [2.05, 4.69) is 19.9 Å². The summed E-state index contributed by atoms with van der Waals surface area (Å²) >= 11 is 0. The summed E-state index contributed by atoms with van der Waals surface area (Å²) in [4.78, 5) is 119. The van der Waals surface area contributed by atoms with Crippen molar-refractivity contribution in [3.8, 4) is 0 Å². The molecule has 338 valence electrons. The summed E-state index contributed by atoms with van der Waals surface area (Å²) in [7, 11) is 0. The fourth-order valence-corrected chi connectivity index (χ4v) is 8.45. The Morgan fingerprint density at radius 2 is 0.500 bits per heavy atom. The Kier molecular flexibility index (Phi) is 12.4. The molecule has 4 aromatic heterocycles. The molecule has 16 nitrogen and oxygen atoms in total. The predicted molar refractivity (Wildman–Crippen MR) is 256 cm³/mol. The number of hydrogen-bond donors (Lipinski definition) is 4. The molecule has 68 heavy (non-hydrogen) atoms. The third-order valence-corrected chi connectivity index (χ3v) is 11.8. The molecule has 5 aromatic carbocycles. The van der Waals surface area contributed by atoms with Crippen molar-refractivity contribution in [1.29, 1.82) is 0 Å². The van der Waals surface area contributed by atoms with E-state index in [1.807, 2.05) is 121 Å². The minimum Gasteiger partial charge on any atom is -0.296 e. The number of aromatic amines is 4. The van der Waals surface area contributed by atoms with Crippen molar-refractivity contribution in [3.63, 3.8) is 0 Å². The van der Waals surface area contributed by atoms with Crippen molar-refractivity contribution in [2.24, 2.45) is 0 Å². The van der Waals surface area contributed by atoms with E-state index in [0.717, 1.165) is 22.3 Å². The van der Waals surface area contributed by atoms with Gasteiger partial charge in [0.2, 0.25) is 0 Å². The lowest BCUT2D eigenvalue weighted by atomic mass is 9.83. The van der Waals surface area contributed by atoms with E-state index in [4.69, 9.17) is 0 Å². The first kappa shape index (κ1) is 44.0. The van der Waals surface area contributed by atoms with Gasteiger partial charge in [-0.05, 0) is 33.4 Å². The molecule has 0 aliphatic rings. The van der Waals surface area contributed by atoms with Gasteiger partial charge in [-0.1, -0.05) is 146 Å². The van der Waals surface area contributed by atoms with E-state index in [1.54, 1.807) is 24.3 Å². The predicted octanol–water partition coefficient (Wildman–Crippen LogP) is 3.64. The summed E-state index contributed by atoms with van der Waals surface area (Å²) < 4.78 is 5.30. The van der Waals surface area contributed by atoms with E-state index in [1.165, 1.54) is 43.1 Å². The van der Waals surface area contributed by atoms with Crippen LogP contribution >= 0.6 is 0 Å². The zero-order valence-corrected chi connectivity index (χ0v) is 36.2. The first-order valence-electron chi connectivity index (χ1n) is 21.6. The van der Waals surface area contributed by atoms with Crippen molar-refractivity contribution in [3.05, 3.63) is 309 Å². The van der Waals surface area contributed by atoms with Gasteiger partial charge in [0.05, 0.1) is 26.2 Å². The van der Waals surface area contributed by atoms with Crippen LogP contribution in [0.1, 0.15) is 67.5 Å². The molecule has 0 radical (unpaired) electrons. The third-order valence-electron chi connectivity index (χ3n) is 11.8. The molecule has 0 saturated carbocycles. The van der Waals surface area contributed by atoms with Gasteiger partial charge in [0.15, 0.2) is 0 Å². The second-order valence-electron chi connectivity index (χ2n) is 16.4. The van der Waals surface area contributed by atoms with Gasteiger partial charge in [-0.2, -0.15) is 0 Å². The highest BCUT2D eigenvalue weighted by Crippen LogP contribution is 2.32. The van der Waals surface area contributed by atoms with E-state index in [0.29, 0.717) is 11.1 Å². The molecule has 9 aromatic rings. The molecule has 0 amide bonds. The number of rotatable bonds is 14. The molecule has 16 heteroatoms. The lowest BCUT2D eigenvalue weighted by molar-refractivity contribution is 0.681. The number of nitrogens with one attached hydrogen (secondary N) is 4. The van der Waals surface area contributed by atoms with Crippen molar-refractivity contribution < 1.29 is 0 Å². The molecular weight excluding hydrogens is 865 g/mol. The van der Waals surface area contributed by atoms with Crippen LogP contribution in [0.5, 0.6) is 0 Å². The number of aromatic nitrogens is 8. The molecule has 0 bridgehead atoms. The molecule has 0 fully saturated rings. The van der Waals surface area contributed by atoms with Gasteiger partial charge >= 0.3 is 22.8 Å². The minimum atomic E-state index is -1.19. The lowest BCUT2D eigenvalue weighted by Gasteiger charge is -2.22. The van der Waals surface area contributed by atoms with Crippen LogP contribution in [0.2, 0.25) is 0 Å². The fraction of sp³-hybridized carbons (Fsp3) is 0.115. The number of benzene rings is 5. The van der Waals surface area contributed by atoms with E-state index < -0.39 is 56.8 Å². The normalized spacial score (nSPS) is 11.3. The Hall–Kier alpha value is -9.18. The Bertz CT molecular complexity index is 3280. The molecule has 4 heterocycles. The molecule has 0 saturated heterocycles. The van der Waals surface area contributed by atoms with Crippen LogP contribution in [0.25, 0.3) is 0 Å². The minimum absolute atomic E-state index is 0.00843. The summed E-state index contributed by atoms with van der Waals surface area (Å²) in [6, 6.07) is 42.9. The van der Waals surface area contributed by atoms with Gasteiger partial charge in [-0.3, -0.25) is 57.4 Å². The summed E-state index contributed by atoms with van der Waals surface area (Å²) in [5.74, 6) is -2.37. The van der Waals surface area contributed by atoms with Gasteiger partial charge < -0.3 is 0 Å². The maximum absolute atomic E-state index is 14.0. The Labute approximate surface area is 384 Å². The van der Waals surface area contributed by atoms with Crippen LogP contribution in [0.4, 0.5) is 0 Å². The quantitative estimate of drug-likeness (QED) is 0.126. The monoisotopic (exact) mass is 906 g/mol. The molecule has 0 unspecified atom stereocenters. The summed E-state index contributed by atoms with van der Waals surface area (Å²) in [5.41, 5.74) is -1.98. The topological polar surface area (TPSA) is 219 Å². The van der Waals surface area contributed by atoms with E-state index in [9.17, 15) is 38.4 Å². The number of nitrogens with zero attached hydrogens (tertiary/aromatic N) is 4. The van der Waals surface area contributed by atoms with Gasteiger partial charge in [-0.25, -0.2) is 19.2 Å². The van der Waals surface area contributed by atoms with Crippen LogP contribution < -0.4 is 45.0 Å². The van der Waals surface area contributed by atoms with Gasteiger partial charge in [0.1, 0.15) is 0 Å². The molecule has 0 aliphatic carbocycles. The summed E-state index contributed by atoms with van der Waals surface area (Å²) in [6.07, 6.45) is 5.58. The Balaban J connectivity index is 1.23. The molecular formula is C52H42N8O8. The maximum atomic E-state index is 14.0. The molecule has 0 spiro atoms. The van der Waals surface area contributed by atoms with Gasteiger partial charge in [0, 0.05) is 58.9 Å². The zero-order chi connectivity index (χ0) is 47.3. The van der Waals surface area contributed by atoms with Crippen LogP contribution in [-0.4, -0.2) is 38.2 Å². The average molecular weight is 907 g/mol. The molecule has 0 aliphatic heterocycles. The van der Waals surface area contributed by atoms with Crippen LogP contribution in [0, 0.1) is 0 Å². The average Bonchev–Trinajstić information content (AvgIpc) is 3.34. The largest absolute Gasteiger partial charge is 0.328 e. The van der Waals surface area contributed by atoms with E-state index in [-0.39, 0.29) is 48.4 Å². The highest BCUT2D eigenvalue weighted by atomic mass is 16.2. The van der Waals surface area contributed by atoms with Crippen molar-refractivity contribution >= 4 is 0 Å². The highest BCUT2D eigenvalue weighted by Gasteiger charge is 2.29. The second kappa shape index (κ2) is 19.1. The number of H-pyrrole nitrogens is 4. The molecule has 4 N–H and O–H groups in total. The van der Waals surface area contributed by atoms with E-state index >= 15 is 0 Å². The van der Waals surface area contributed by atoms with Crippen LogP contribution in [0.15, 0.2) is 209 Å².